The van der Waals surface area contributed by atoms with E-state index < -0.39 is 18.1 Å². The first-order valence-corrected chi connectivity index (χ1v) is 16.4. The molecular formula is C37H51N3O7. The minimum atomic E-state index is -0.685. The van der Waals surface area contributed by atoms with E-state index in [-0.39, 0.29) is 63.4 Å². The number of rotatable bonds is 24. The van der Waals surface area contributed by atoms with Crippen LogP contribution >= 0.6 is 0 Å². The monoisotopic (exact) mass is 649 g/mol. The number of allylic oxidation sites excluding steroid dienone is 2. The molecule has 256 valence electrons. The summed E-state index contributed by atoms with van der Waals surface area (Å²) in [5.74, 6) is -1.61. The Bertz CT molecular complexity index is 1220. The highest BCUT2D eigenvalue weighted by Crippen LogP contribution is 2.16. The number of carbonyl (C=O) groups is 4. The molecule has 47 heavy (non-hydrogen) atoms. The number of hydrogen-bond donors (Lipinski definition) is 3. The Balaban J connectivity index is 1.94. The van der Waals surface area contributed by atoms with Gasteiger partial charge in [0.25, 0.3) is 0 Å². The van der Waals surface area contributed by atoms with E-state index in [4.69, 9.17) is 9.47 Å². The summed E-state index contributed by atoms with van der Waals surface area (Å²) >= 11 is 0. The number of esters is 1. The Labute approximate surface area is 279 Å². The van der Waals surface area contributed by atoms with E-state index in [1.54, 1.807) is 11.0 Å². The predicted molar refractivity (Wildman–Crippen MR) is 182 cm³/mol. The van der Waals surface area contributed by atoms with Crippen LogP contribution in [0.4, 0.5) is 4.79 Å². The minimum Gasteiger partial charge on any atom is -0.463 e. The summed E-state index contributed by atoms with van der Waals surface area (Å²) in [6.07, 6.45) is 7.49. The molecule has 0 saturated heterocycles. The van der Waals surface area contributed by atoms with Gasteiger partial charge in [0.15, 0.2) is 0 Å². The number of aliphatic hydroxyl groups is 1. The molecule has 3 N–H and O–H groups in total. The fourth-order valence-corrected chi connectivity index (χ4v) is 4.86. The molecule has 0 aliphatic heterocycles. The van der Waals surface area contributed by atoms with Gasteiger partial charge < -0.3 is 30.1 Å². The quantitative estimate of drug-likeness (QED) is 0.0781. The van der Waals surface area contributed by atoms with Gasteiger partial charge in [0, 0.05) is 32.5 Å². The molecule has 2 rings (SSSR count). The number of amides is 3. The summed E-state index contributed by atoms with van der Waals surface area (Å²) in [4.78, 5) is 52.7. The van der Waals surface area contributed by atoms with Gasteiger partial charge in [0.05, 0.1) is 18.6 Å². The summed E-state index contributed by atoms with van der Waals surface area (Å²) in [5.41, 5.74) is 1.81. The number of hydrogen-bond acceptors (Lipinski definition) is 7. The summed E-state index contributed by atoms with van der Waals surface area (Å²) in [7, 11) is 0. The Kier molecular flexibility index (Phi) is 19.6. The molecule has 0 aromatic heterocycles. The van der Waals surface area contributed by atoms with Crippen LogP contribution in [0.25, 0.3) is 0 Å². The SMILES string of the molecule is C=CCCCCC(=O)OC[C@H](CCCCNC(=O)OCc1ccccc1)NC(=O)[C@@H](CC=C)CC(=O)N(CCO)Cc1ccccc1. The van der Waals surface area contributed by atoms with Gasteiger partial charge in [-0.2, -0.15) is 0 Å². The number of alkyl carbamates (subject to hydrolysis) is 1. The molecule has 2 aromatic carbocycles. The van der Waals surface area contributed by atoms with Crippen LogP contribution in [-0.4, -0.2) is 66.2 Å². The van der Waals surface area contributed by atoms with Crippen molar-refractivity contribution in [1.29, 1.82) is 0 Å². The lowest BCUT2D eigenvalue weighted by Crippen LogP contribution is -2.44. The van der Waals surface area contributed by atoms with Crippen molar-refractivity contribution in [3.63, 3.8) is 0 Å². The van der Waals surface area contributed by atoms with Crippen LogP contribution in [0.2, 0.25) is 0 Å². The molecule has 0 bridgehead atoms. The highest BCUT2D eigenvalue weighted by atomic mass is 16.5. The van der Waals surface area contributed by atoms with Gasteiger partial charge in [0.2, 0.25) is 11.8 Å². The zero-order chi connectivity index (χ0) is 34.1. The maximum absolute atomic E-state index is 13.5. The smallest absolute Gasteiger partial charge is 0.407 e. The first-order chi connectivity index (χ1) is 22.9. The van der Waals surface area contributed by atoms with E-state index in [0.717, 1.165) is 24.0 Å². The van der Waals surface area contributed by atoms with Crippen LogP contribution < -0.4 is 10.6 Å². The lowest BCUT2D eigenvalue weighted by atomic mass is 9.98. The van der Waals surface area contributed by atoms with Crippen molar-refractivity contribution in [2.75, 3.05) is 26.3 Å². The number of carbonyl (C=O) groups excluding carboxylic acids is 4. The van der Waals surface area contributed by atoms with Gasteiger partial charge in [-0.25, -0.2) is 4.79 Å². The topological polar surface area (TPSA) is 134 Å². The average molecular weight is 650 g/mol. The van der Waals surface area contributed by atoms with E-state index in [0.29, 0.717) is 38.8 Å². The number of ether oxygens (including phenoxy) is 2. The Morgan fingerprint density at radius 2 is 1.57 bits per heavy atom. The molecule has 10 heteroatoms. The van der Waals surface area contributed by atoms with Crippen molar-refractivity contribution in [2.45, 2.75) is 77.0 Å². The zero-order valence-corrected chi connectivity index (χ0v) is 27.4. The summed E-state index contributed by atoms with van der Waals surface area (Å²) in [5, 5.41) is 15.3. The average Bonchev–Trinajstić information content (AvgIpc) is 3.08. The lowest BCUT2D eigenvalue weighted by molar-refractivity contribution is -0.145. The van der Waals surface area contributed by atoms with E-state index in [9.17, 15) is 24.3 Å². The van der Waals surface area contributed by atoms with Gasteiger partial charge in [-0.05, 0) is 56.1 Å². The first kappa shape index (κ1) is 38.7. The van der Waals surface area contributed by atoms with Crippen molar-refractivity contribution in [3.8, 4) is 0 Å². The van der Waals surface area contributed by atoms with Gasteiger partial charge in [-0.3, -0.25) is 14.4 Å². The number of benzene rings is 2. The van der Waals surface area contributed by atoms with Crippen molar-refractivity contribution < 1.29 is 33.8 Å². The fourth-order valence-electron chi connectivity index (χ4n) is 4.86. The minimum absolute atomic E-state index is 0.00201. The van der Waals surface area contributed by atoms with E-state index in [1.165, 1.54) is 0 Å². The Morgan fingerprint density at radius 3 is 2.23 bits per heavy atom. The van der Waals surface area contributed by atoms with E-state index in [1.807, 2.05) is 66.7 Å². The molecule has 2 atom stereocenters. The molecule has 0 heterocycles. The molecule has 0 saturated carbocycles. The van der Waals surface area contributed by atoms with Crippen LogP contribution in [0.5, 0.6) is 0 Å². The second-order valence-corrected chi connectivity index (χ2v) is 11.4. The largest absolute Gasteiger partial charge is 0.463 e. The molecule has 0 aliphatic rings. The normalized spacial score (nSPS) is 11.9. The first-order valence-electron chi connectivity index (χ1n) is 16.4. The number of nitrogens with zero attached hydrogens (tertiary/aromatic N) is 1. The molecule has 0 aliphatic carbocycles. The fraction of sp³-hybridized carbons (Fsp3) is 0.459. The lowest BCUT2D eigenvalue weighted by Gasteiger charge is -2.26. The van der Waals surface area contributed by atoms with Crippen LogP contribution in [-0.2, 0) is 37.0 Å². The molecule has 10 nitrogen and oxygen atoms in total. The molecular weight excluding hydrogens is 598 g/mol. The maximum atomic E-state index is 13.5. The zero-order valence-electron chi connectivity index (χ0n) is 27.4. The van der Waals surface area contributed by atoms with E-state index in [2.05, 4.69) is 23.8 Å². The second-order valence-electron chi connectivity index (χ2n) is 11.4. The number of unbranched alkanes of at least 4 members (excludes halogenated alkanes) is 3. The highest BCUT2D eigenvalue weighted by molar-refractivity contribution is 5.86. The van der Waals surface area contributed by atoms with Crippen LogP contribution in [0.15, 0.2) is 86.0 Å². The van der Waals surface area contributed by atoms with Gasteiger partial charge in [0.1, 0.15) is 13.2 Å². The molecule has 0 fully saturated rings. The van der Waals surface area contributed by atoms with Gasteiger partial charge >= 0.3 is 12.1 Å². The molecule has 0 radical (unpaired) electrons. The Hall–Kier alpha value is -4.44. The van der Waals surface area contributed by atoms with Gasteiger partial charge in [-0.1, -0.05) is 72.8 Å². The summed E-state index contributed by atoms with van der Waals surface area (Å²) in [6.45, 7) is 8.29. The van der Waals surface area contributed by atoms with Crippen molar-refractivity contribution in [1.82, 2.24) is 15.5 Å². The molecule has 0 unspecified atom stereocenters. The number of aliphatic hydroxyl groups excluding tert-OH is 1. The van der Waals surface area contributed by atoms with Crippen LogP contribution in [0.3, 0.4) is 0 Å². The van der Waals surface area contributed by atoms with Crippen molar-refractivity contribution >= 4 is 23.9 Å². The predicted octanol–water partition coefficient (Wildman–Crippen LogP) is 5.46. The van der Waals surface area contributed by atoms with Crippen molar-refractivity contribution in [2.24, 2.45) is 5.92 Å². The molecule has 2 aromatic rings. The maximum Gasteiger partial charge on any atom is 0.407 e. The standard InChI is InChI=1S/C37H51N3O7/c1-3-5-6-13-22-35(43)46-29-33(21-14-15-23-38-37(45)47-28-31-19-11-8-12-20-31)39-36(44)32(16-4-2)26-34(42)40(24-25-41)27-30-17-9-7-10-18-30/h3-4,7-12,17-20,32-33,41H,1-2,5-6,13-16,21-29H2,(H,38,45)(H,39,44)/t32-,33-/m0/s1. The second kappa shape index (κ2) is 23.8. The third-order valence-electron chi connectivity index (χ3n) is 7.47. The highest BCUT2D eigenvalue weighted by Gasteiger charge is 2.26. The molecule has 0 spiro atoms. The van der Waals surface area contributed by atoms with Crippen molar-refractivity contribution in [3.05, 3.63) is 97.1 Å². The Morgan fingerprint density at radius 1 is 0.872 bits per heavy atom. The summed E-state index contributed by atoms with van der Waals surface area (Å²) < 4.78 is 10.8. The molecule has 3 amide bonds. The van der Waals surface area contributed by atoms with E-state index >= 15 is 0 Å². The van der Waals surface area contributed by atoms with Crippen LogP contribution in [0.1, 0.15) is 68.9 Å². The summed E-state index contributed by atoms with van der Waals surface area (Å²) in [6, 6.07) is 18.4. The van der Waals surface area contributed by atoms with Crippen LogP contribution in [0, 0.1) is 5.92 Å². The third-order valence-corrected chi connectivity index (χ3v) is 7.47. The number of nitrogens with one attached hydrogen (secondary N) is 2. The third kappa shape index (κ3) is 17.2. The van der Waals surface area contributed by atoms with Gasteiger partial charge in [-0.15, -0.1) is 13.2 Å².